The summed E-state index contributed by atoms with van der Waals surface area (Å²) in [5.74, 6) is -10.5. The van der Waals surface area contributed by atoms with Crippen molar-refractivity contribution in [3.8, 4) is 0 Å². The molecule has 0 spiro atoms. The van der Waals surface area contributed by atoms with E-state index in [9.17, 15) is 63.0 Å². The number of urea groups is 1. The van der Waals surface area contributed by atoms with Crippen LogP contribution in [0.3, 0.4) is 0 Å². The molecule has 25 nitrogen and oxygen atoms in total. The summed E-state index contributed by atoms with van der Waals surface area (Å²) in [6.45, 7) is 12.4. The van der Waals surface area contributed by atoms with Crippen molar-refractivity contribution in [1.82, 2.24) is 31.9 Å². The fourth-order valence-electron chi connectivity index (χ4n) is 4.82. The Morgan fingerprint density at radius 3 is 1.60 bits per heavy atom. The monoisotopic (exact) mass is 968 g/mol. The number of carbonyl (C=O) groups excluding carboxylic acids is 9. The third-order valence-electron chi connectivity index (χ3n) is 8.40. The Morgan fingerprint density at radius 1 is 0.632 bits per heavy atom. The molecule has 0 aromatic heterocycles. The van der Waals surface area contributed by atoms with Crippen LogP contribution < -0.4 is 43.0 Å². The highest BCUT2D eigenvalue weighted by Gasteiger charge is 2.31. The maximum absolute atomic E-state index is 13.1. The third-order valence-corrected chi connectivity index (χ3v) is 8.40. The second-order valence-corrected chi connectivity index (χ2v) is 15.7. The molecule has 0 fully saturated rings. The minimum absolute atomic E-state index is 0.0248. The SMILES string of the molecule is CC(=O)O.CC(C)C(=O)CCOCCC(=O)NC(CC(=O)O)C(=O)NCC(=O)NC(CC(=O)O)C(=O)NC(C(=O)NCC(=O)Nc1ccc(COC(=O)C(C)C)cc1)C(C)C.CCCNC(N)=O. The zero-order valence-electron chi connectivity index (χ0n) is 39.7. The lowest BCUT2D eigenvalue weighted by molar-refractivity contribution is -0.148. The average molecular weight is 969 g/mol. The third kappa shape index (κ3) is 32.5. The number of rotatable bonds is 28. The number of carboxylic acid groups (broad SMARTS) is 3. The molecular formula is C43H68N8O17. The number of esters is 1. The van der Waals surface area contributed by atoms with Crippen molar-refractivity contribution in [1.29, 1.82) is 0 Å². The van der Waals surface area contributed by atoms with E-state index in [2.05, 4.69) is 37.2 Å². The highest BCUT2D eigenvalue weighted by Crippen LogP contribution is 2.12. The van der Waals surface area contributed by atoms with Gasteiger partial charge in [0.05, 0.1) is 45.1 Å². The smallest absolute Gasteiger partial charge is 0.312 e. The number of hydrogen-bond acceptors (Lipinski definition) is 14. The number of ketones is 1. The Balaban J connectivity index is 0. The van der Waals surface area contributed by atoms with Crippen molar-refractivity contribution in [2.75, 3.05) is 38.2 Å². The summed E-state index contributed by atoms with van der Waals surface area (Å²) in [6.07, 6.45) is -0.954. The summed E-state index contributed by atoms with van der Waals surface area (Å²) in [6, 6.07) is 1.37. The first kappa shape index (κ1) is 62.9. The maximum Gasteiger partial charge on any atom is 0.312 e. The van der Waals surface area contributed by atoms with Crippen molar-refractivity contribution in [3.63, 3.8) is 0 Å². The molecule has 0 radical (unpaired) electrons. The minimum Gasteiger partial charge on any atom is -0.481 e. The van der Waals surface area contributed by atoms with Crippen LogP contribution in [0.25, 0.3) is 0 Å². The Bertz CT molecular complexity index is 1850. The lowest BCUT2D eigenvalue weighted by Crippen LogP contribution is -2.57. The Kier molecular flexibility index (Phi) is 32.4. The summed E-state index contributed by atoms with van der Waals surface area (Å²) >= 11 is 0. The minimum atomic E-state index is -1.73. The molecule has 1 aromatic rings. The zero-order valence-corrected chi connectivity index (χ0v) is 39.7. The largest absolute Gasteiger partial charge is 0.481 e. The predicted octanol–water partition coefficient (Wildman–Crippen LogP) is -0.206. The van der Waals surface area contributed by atoms with Crippen molar-refractivity contribution in [2.24, 2.45) is 23.5 Å². The van der Waals surface area contributed by atoms with Crippen LogP contribution in [0.1, 0.15) is 93.1 Å². The second kappa shape index (κ2) is 35.1. The van der Waals surface area contributed by atoms with Gasteiger partial charge in [-0.25, -0.2) is 4.79 Å². The number of benzene rings is 1. The number of nitrogens with one attached hydrogen (secondary N) is 7. The van der Waals surface area contributed by atoms with E-state index in [1.165, 1.54) is 0 Å². The lowest BCUT2D eigenvalue weighted by Gasteiger charge is -2.25. The normalized spacial score (nSPS) is 11.6. The second-order valence-electron chi connectivity index (χ2n) is 15.7. The number of amides is 8. The first-order valence-corrected chi connectivity index (χ1v) is 21.5. The Morgan fingerprint density at radius 2 is 1.13 bits per heavy atom. The van der Waals surface area contributed by atoms with Gasteiger partial charge in [0.1, 0.15) is 30.5 Å². The van der Waals surface area contributed by atoms with Gasteiger partial charge in [-0.05, 0) is 30.0 Å². The number of nitrogens with two attached hydrogens (primary N) is 1. The number of anilines is 1. The number of hydrogen-bond donors (Lipinski definition) is 11. The summed E-state index contributed by atoms with van der Waals surface area (Å²) in [7, 11) is 0. The molecule has 1 rings (SSSR count). The van der Waals surface area contributed by atoms with Gasteiger partial charge in [-0.3, -0.25) is 52.7 Å². The number of carboxylic acids is 3. The van der Waals surface area contributed by atoms with E-state index in [4.69, 9.17) is 25.1 Å². The lowest BCUT2D eigenvalue weighted by atomic mass is 10.0. The van der Waals surface area contributed by atoms with Gasteiger partial charge in [-0.2, -0.15) is 0 Å². The van der Waals surface area contributed by atoms with Crippen molar-refractivity contribution < 1.29 is 82.3 Å². The van der Waals surface area contributed by atoms with Gasteiger partial charge in [0, 0.05) is 37.9 Å². The predicted molar refractivity (Wildman–Crippen MR) is 242 cm³/mol. The number of aliphatic carboxylic acids is 3. The summed E-state index contributed by atoms with van der Waals surface area (Å²) in [4.78, 5) is 141. The van der Waals surface area contributed by atoms with Gasteiger partial charge < -0.3 is 67.7 Å². The van der Waals surface area contributed by atoms with Gasteiger partial charge in [0.15, 0.2) is 0 Å². The van der Waals surface area contributed by atoms with Crippen LogP contribution in [0.5, 0.6) is 0 Å². The molecule has 25 heteroatoms. The first-order valence-electron chi connectivity index (χ1n) is 21.5. The highest BCUT2D eigenvalue weighted by atomic mass is 16.5. The highest BCUT2D eigenvalue weighted by molar-refractivity contribution is 5.98. The fraction of sp³-hybridized carbons (Fsp3) is 0.581. The van der Waals surface area contributed by atoms with Crippen LogP contribution in [0.2, 0.25) is 0 Å². The summed E-state index contributed by atoms with van der Waals surface area (Å²) in [5, 5.41) is 42.3. The molecule has 0 aliphatic heterocycles. The number of ether oxygens (including phenoxy) is 2. The standard InChI is InChI=1S/C37H54N6O14.C4H10N2O.C2H4O2/c1-20(2)27(44)11-13-56-14-12-28(45)41-25(15-31(48)49)34(52)38-18-30(47)42-26(16-32(50)51)35(53)43-33(21(3)4)36(54)39-17-29(46)40-24-9-7-23(8-10-24)19-57-37(55)22(5)6;1-2-3-6-4(5)7;1-2(3)4/h7-10,20-22,25-26,33H,11-19H2,1-6H3,(H,38,52)(H,39,54)(H,40,46)(H,41,45)(H,42,47)(H,43,53)(H,48,49)(H,50,51);2-3H2,1H3,(H3,5,6,7);1H3,(H,3,4). The molecule has 1 aromatic carbocycles. The van der Waals surface area contributed by atoms with E-state index >= 15 is 0 Å². The molecule has 0 bridgehead atoms. The molecule has 0 heterocycles. The van der Waals surface area contributed by atoms with Gasteiger partial charge in [-0.15, -0.1) is 0 Å². The molecule has 3 atom stereocenters. The van der Waals surface area contributed by atoms with E-state index < -0.39 is 109 Å². The van der Waals surface area contributed by atoms with Crippen LogP contribution in [-0.4, -0.2) is 137 Å². The van der Waals surface area contributed by atoms with E-state index in [1.54, 1.807) is 65.8 Å². The maximum atomic E-state index is 13.1. The van der Waals surface area contributed by atoms with Crippen LogP contribution >= 0.6 is 0 Å². The molecule has 3 unspecified atom stereocenters. The summed E-state index contributed by atoms with van der Waals surface area (Å²) in [5.41, 5.74) is 5.80. The fourth-order valence-corrected chi connectivity index (χ4v) is 4.82. The summed E-state index contributed by atoms with van der Waals surface area (Å²) < 4.78 is 10.4. The average Bonchev–Trinajstić information content (AvgIpc) is 3.24. The van der Waals surface area contributed by atoms with Crippen molar-refractivity contribution in [3.05, 3.63) is 29.8 Å². The van der Waals surface area contributed by atoms with E-state index in [0.29, 0.717) is 17.8 Å². The molecule has 8 amide bonds. The number of primary amides is 1. The Labute approximate surface area is 394 Å². The van der Waals surface area contributed by atoms with Gasteiger partial charge >= 0.3 is 23.9 Å². The van der Waals surface area contributed by atoms with Crippen LogP contribution in [-0.2, 0) is 68.8 Å². The van der Waals surface area contributed by atoms with Gasteiger partial charge in [-0.1, -0.05) is 60.6 Å². The van der Waals surface area contributed by atoms with Crippen LogP contribution in [0, 0.1) is 17.8 Å². The molecule has 0 saturated heterocycles. The number of carbonyl (C=O) groups is 12. The molecular weight excluding hydrogens is 901 g/mol. The van der Waals surface area contributed by atoms with Gasteiger partial charge in [0.2, 0.25) is 35.4 Å². The van der Waals surface area contributed by atoms with Crippen LogP contribution in [0.4, 0.5) is 10.5 Å². The van der Waals surface area contributed by atoms with E-state index in [1.807, 2.05) is 6.92 Å². The number of Topliss-reactive ketones (excluding diaryl/α,β-unsaturated/α-hetero) is 1. The molecule has 0 saturated carbocycles. The molecule has 68 heavy (non-hydrogen) atoms. The first-order chi connectivity index (χ1) is 31.7. The topological polar surface area (TPSA) is 394 Å². The van der Waals surface area contributed by atoms with Crippen molar-refractivity contribution in [2.45, 2.75) is 112 Å². The Hall–Kier alpha value is -7.18. The quantitative estimate of drug-likeness (QED) is 0.0382. The molecule has 0 aliphatic rings. The molecule has 382 valence electrons. The van der Waals surface area contributed by atoms with Gasteiger partial charge in [0.25, 0.3) is 5.97 Å². The van der Waals surface area contributed by atoms with Crippen molar-refractivity contribution >= 4 is 76.8 Å². The van der Waals surface area contributed by atoms with E-state index in [0.717, 1.165) is 13.3 Å². The molecule has 0 aliphatic carbocycles. The molecule has 12 N–H and O–H groups in total. The van der Waals surface area contributed by atoms with E-state index in [-0.39, 0.29) is 56.3 Å². The van der Waals surface area contributed by atoms with Crippen LogP contribution in [0.15, 0.2) is 24.3 Å². The zero-order chi connectivity index (χ0) is 52.5.